The maximum absolute atomic E-state index is 13.3. The molecular formula is C16H20FNO3. The van der Waals surface area contributed by atoms with Gasteiger partial charge in [-0.1, -0.05) is 0 Å². The van der Waals surface area contributed by atoms with Crippen molar-refractivity contribution in [2.24, 2.45) is 0 Å². The third-order valence-corrected chi connectivity index (χ3v) is 3.30. The lowest BCUT2D eigenvalue weighted by Gasteiger charge is -2.30. The fourth-order valence-corrected chi connectivity index (χ4v) is 2.27. The summed E-state index contributed by atoms with van der Waals surface area (Å²) in [4.78, 5) is 14.1. The third kappa shape index (κ3) is 3.61. The first-order valence-corrected chi connectivity index (χ1v) is 7.00. The van der Waals surface area contributed by atoms with Gasteiger partial charge in [0.05, 0.1) is 11.7 Å². The quantitative estimate of drug-likeness (QED) is 0.926. The molecule has 5 heteroatoms. The molecule has 1 heterocycles. The Morgan fingerprint density at radius 1 is 1.43 bits per heavy atom. The predicted octanol–water partition coefficient (Wildman–Crippen LogP) is 2.22. The van der Waals surface area contributed by atoms with Gasteiger partial charge in [-0.3, -0.25) is 4.79 Å². The smallest absolute Gasteiger partial charge is 0.253 e. The summed E-state index contributed by atoms with van der Waals surface area (Å²) in [5.74, 6) is 0.00683. The second-order valence-corrected chi connectivity index (χ2v) is 5.54. The molecule has 1 aromatic rings. The van der Waals surface area contributed by atoms with Crippen LogP contribution in [0.2, 0.25) is 0 Å². The molecule has 1 aromatic carbocycles. The highest BCUT2D eigenvalue weighted by atomic mass is 19.1. The number of rotatable bonds is 4. The van der Waals surface area contributed by atoms with Crippen molar-refractivity contribution in [2.45, 2.75) is 32.9 Å². The van der Waals surface area contributed by atoms with Crippen molar-refractivity contribution in [1.29, 1.82) is 0 Å². The lowest BCUT2D eigenvalue weighted by molar-refractivity contribution is -0.130. The molecule has 0 bridgehead atoms. The molecule has 0 saturated heterocycles. The lowest BCUT2D eigenvalue weighted by atomic mass is 10.1. The average molecular weight is 293 g/mol. The van der Waals surface area contributed by atoms with Gasteiger partial charge in [0, 0.05) is 18.2 Å². The molecule has 21 heavy (non-hydrogen) atoms. The molecule has 1 N–H and O–H groups in total. The number of benzene rings is 1. The van der Waals surface area contributed by atoms with Gasteiger partial charge in [0.25, 0.3) is 5.91 Å². The van der Waals surface area contributed by atoms with Gasteiger partial charge in [-0.25, -0.2) is 4.39 Å². The van der Waals surface area contributed by atoms with Gasteiger partial charge in [-0.15, -0.1) is 0 Å². The summed E-state index contributed by atoms with van der Waals surface area (Å²) >= 11 is 0. The topological polar surface area (TPSA) is 49.8 Å². The Morgan fingerprint density at radius 3 is 2.76 bits per heavy atom. The highest BCUT2D eigenvalue weighted by Crippen LogP contribution is 2.27. The first-order valence-electron chi connectivity index (χ1n) is 7.00. The molecular weight excluding hydrogens is 273 g/mol. The number of fused-ring (bicyclic) bond motifs is 1. The minimum absolute atomic E-state index is 0.0399. The van der Waals surface area contributed by atoms with E-state index in [1.165, 1.54) is 12.1 Å². The Bertz CT molecular complexity index is 567. The van der Waals surface area contributed by atoms with Crippen LogP contribution in [-0.4, -0.2) is 41.2 Å². The minimum Gasteiger partial charge on any atom is -0.488 e. The Labute approximate surface area is 123 Å². The number of carbonyl (C=O) groups is 1. The van der Waals surface area contributed by atoms with Crippen LogP contribution >= 0.6 is 0 Å². The Morgan fingerprint density at radius 2 is 2.14 bits per heavy atom. The lowest BCUT2D eigenvalue weighted by Crippen LogP contribution is -2.43. The van der Waals surface area contributed by atoms with Gasteiger partial charge in [-0.05, 0) is 45.0 Å². The van der Waals surface area contributed by atoms with Crippen LogP contribution in [0.5, 0.6) is 5.75 Å². The second-order valence-electron chi connectivity index (χ2n) is 5.54. The molecule has 0 aromatic heterocycles. The molecule has 1 atom stereocenters. The van der Waals surface area contributed by atoms with Crippen LogP contribution in [0.4, 0.5) is 4.39 Å². The summed E-state index contributed by atoms with van der Waals surface area (Å²) in [7, 11) is 0. The molecule has 2 rings (SSSR count). The van der Waals surface area contributed by atoms with Crippen molar-refractivity contribution in [3.05, 3.63) is 35.2 Å². The third-order valence-electron chi connectivity index (χ3n) is 3.30. The molecule has 0 radical (unpaired) electrons. The van der Waals surface area contributed by atoms with Crippen LogP contribution in [0, 0.1) is 5.82 Å². The summed E-state index contributed by atoms with van der Waals surface area (Å²) in [6.07, 6.45) is 1.05. The fourth-order valence-electron chi connectivity index (χ4n) is 2.27. The minimum atomic E-state index is -0.605. The summed E-state index contributed by atoms with van der Waals surface area (Å²) in [6, 6.07) is 4.18. The zero-order valence-electron chi connectivity index (χ0n) is 12.5. The largest absolute Gasteiger partial charge is 0.488 e. The highest BCUT2D eigenvalue weighted by molar-refractivity contribution is 5.99. The SMILES string of the molecule is CC(O)CN(C(=O)C1=Cc2cc(F)ccc2OC1)C(C)C. The Balaban J connectivity index is 2.26. The molecule has 1 unspecified atom stereocenters. The number of aliphatic hydroxyl groups excluding tert-OH is 1. The molecule has 0 aliphatic carbocycles. The van der Waals surface area contributed by atoms with Crippen LogP contribution in [0.15, 0.2) is 23.8 Å². The highest BCUT2D eigenvalue weighted by Gasteiger charge is 2.25. The van der Waals surface area contributed by atoms with E-state index in [2.05, 4.69) is 0 Å². The number of amides is 1. The maximum atomic E-state index is 13.3. The number of hydrogen-bond donors (Lipinski definition) is 1. The van der Waals surface area contributed by atoms with E-state index in [0.717, 1.165) is 0 Å². The number of carbonyl (C=O) groups excluding carboxylic acids is 1. The van der Waals surface area contributed by atoms with E-state index in [1.807, 2.05) is 13.8 Å². The first-order chi connectivity index (χ1) is 9.88. The number of ether oxygens (including phenoxy) is 1. The van der Waals surface area contributed by atoms with Crippen LogP contribution in [0.25, 0.3) is 6.08 Å². The van der Waals surface area contributed by atoms with Gasteiger partial charge < -0.3 is 14.7 Å². The van der Waals surface area contributed by atoms with Crippen molar-refractivity contribution < 1.29 is 19.0 Å². The average Bonchev–Trinajstić information content (AvgIpc) is 2.42. The van der Waals surface area contributed by atoms with Crippen LogP contribution in [0.1, 0.15) is 26.3 Å². The zero-order valence-corrected chi connectivity index (χ0v) is 12.5. The van der Waals surface area contributed by atoms with Gasteiger partial charge in [-0.2, -0.15) is 0 Å². The maximum Gasteiger partial charge on any atom is 0.253 e. The van der Waals surface area contributed by atoms with E-state index >= 15 is 0 Å². The van der Waals surface area contributed by atoms with Crippen molar-refractivity contribution in [2.75, 3.05) is 13.2 Å². The van der Waals surface area contributed by atoms with Crippen LogP contribution in [0.3, 0.4) is 0 Å². The van der Waals surface area contributed by atoms with E-state index in [9.17, 15) is 14.3 Å². The number of nitrogens with zero attached hydrogens (tertiary/aromatic N) is 1. The number of hydrogen-bond acceptors (Lipinski definition) is 3. The first kappa shape index (κ1) is 15.5. The number of halogens is 1. The van der Waals surface area contributed by atoms with E-state index in [0.29, 0.717) is 16.9 Å². The standard InChI is InChI=1S/C16H20FNO3/c1-10(2)18(8-11(3)19)16(20)13-6-12-7-14(17)4-5-15(12)21-9-13/h4-7,10-11,19H,8-9H2,1-3H3. The number of aliphatic hydroxyl groups is 1. The van der Waals surface area contributed by atoms with Crippen LogP contribution in [-0.2, 0) is 4.79 Å². The van der Waals surface area contributed by atoms with Crippen molar-refractivity contribution in [1.82, 2.24) is 4.90 Å². The van der Waals surface area contributed by atoms with E-state index in [1.54, 1.807) is 24.0 Å². The fraction of sp³-hybridized carbons (Fsp3) is 0.438. The molecule has 114 valence electrons. The molecule has 1 aliphatic heterocycles. The van der Waals surface area contributed by atoms with Gasteiger partial charge in [0.15, 0.2) is 0 Å². The van der Waals surface area contributed by atoms with E-state index < -0.39 is 6.10 Å². The van der Waals surface area contributed by atoms with Crippen molar-refractivity contribution in [3.8, 4) is 5.75 Å². The molecule has 0 saturated carbocycles. The summed E-state index contributed by atoms with van der Waals surface area (Å²) in [5, 5.41) is 9.52. The molecule has 1 amide bonds. The van der Waals surface area contributed by atoms with E-state index in [4.69, 9.17) is 4.74 Å². The van der Waals surface area contributed by atoms with Crippen molar-refractivity contribution >= 4 is 12.0 Å². The van der Waals surface area contributed by atoms with Gasteiger partial charge in [0.2, 0.25) is 0 Å². The summed E-state index contributed by atoms with van der Waals surface area (Å²) < 4.78 is 18.8. The molecule has 0 spiro atoms. The predicted molar refractivity (Wildman–Crippen MR) is 78.4 cm³/mol. The molecule has 0 fully saturated rings. The van der Waals surface area contributed by atoms with Gasteiger partial charge in [0.1, 0.15) is 18.2 Å². The van der Waals surface area contributed by atoms with Crippen molar-refractivity contribution in [3.63, 3.8) is 0 Å². The normalized spacial score (nSPS) is 15.0. The molecule has 1 aliphatic rings. The van der Waals surface area contributed by atoms with Crippen LogP contribution < -0.4 is 4.74 Å². The summed E-state index contributed by atoms with van der Waals surface area (Å²) in [6.45, 7) is 5.82. The second kappa shape index (κ2) is 6.26. The monoisotopic (exact) mass is 293 g/mol. The van der Waals surface area contributed by atoms with E-state index in [-0.39, 0.29) is 30.9 Å². The Hall–Kier alpha value is -1.88. The zero-order chi connectivity index (χ0) is 15.6. The molecule has 4 nitrogen and oxygen atoms in total. The summed E-state index contributed by atoms with van der Waals surface area (Å²) in [5.41, 5.74) is 1.02. The van der Waals surface area contributed by atoms with Gasteiger partial charge >= 0.3 is 0 Å². The Kier molecular flexibility index (Phi) is 4.63.